The summed E-state index contributed by atoms with van der Waals surface area (Å²) in [5.74, 6) is 2.47. The molecule has 0 bridgehead atoms. The zero-order valence-electron chi connectivity index (χ0n) is 23.2. The summed E-state index contributed by atoms with van der Waals surface area (Å²) < 4.78 is 17.2. The molecule has 0 amide bonds. The molecule has 0 spiro atoms. The SMILES string of the molecule is COc1cccc(C2=C(c3cccc(OC)c3)N(C)C(C3(c4ccccc4OC)N(C)C=CN3C)N2C)c1. The maximum atomic E-state index is 5.93. The Morgan fingerprint density at radius 1 is 0.605 bits per heavy atom. The van der Waals surface area contributed by atoms with Gasteiger partial charge in [0.15, 0.2) is 5.66 Å². The second kappa shape index (κ2) is 9.89. The maximum absolute atomic E-state index is 5.93. The van der Waals surface area contributed by atoms with E-state index in [0.717, 1.165) is 45.3 Å². The molecule has 0 saturated heterocycles. The van der Waals surface area contributed by atoms with Crippen LogP contribution in [0.3, 0.4) is 0 Å². The van der Waals surface area contributed by atoms with Crippen LogP contribution in [0.25, 0.3) is 11.4 Å². The van der Waals surface area contributed by atoms with Gasteiger partial charge in [0.1, 0.15) is 23.4 Å². The second-order valence-corrected chi connectivity index (χ2v) is 9.70. The summed E-state index contributed by atoms with van der Waals surface area (Å²) in [6, 6.07) is 24.8. The van der Waals surface area contributed by atoms with Crippen molar-refractivity contribution in [2.75, 3.05) is 49.5 Å². The average Bonchev–Trinajstić information content (AvgIpc) is 3.39. The third-order valence-electron chi connectivity index (χ3n) is 7.80. The summed E-state index contributed by atoms with van der Waals surface area (Å²) in [5.41, 5.74) is 4.84. The Kier molecular flexibility index (Phi) is 6.61. The molecule has 38 heavy (non-hydrogen) atoms. The van der Waals surface area contributed by atoms with E-state index >= 15 is 0 Å². The van der Waals surface area contributed by atoms with Crippen LogP contribution in [0, 0.1) is 0 Å². The lowest BCUT2D eigenvalue weighted by atomic mass is 9.91. The van der Waals surface area contributed by atoms with Crippen molar-refractivity contribution >= 4 is 11.4 Å². The molecule has 7 nitrogen and oxygen atoms in total. The van der Waals surface area contributed by atoms with E-state index in [1.807, 2.05) is 36.4 Å². The average molecular weight is 513 g/mol. The second-order valence-electron chi connectivity index (χ2n) is 9.70. The van der Waals surface area contributed by atoms with Crippen LogP contribution in [0.4, 0.5) is 0 Å². The first kappa shape index (κ1) is 25.4. The highest BCUT2D eigenvalue weighted by atomic mass is 16.5. The minimum Gasteiger partial charge on any atom is -0.497 e. The normalized spacial score (nSPS) is 17.0. The highest BCUT2D eigenvalue weighted by Gasteiger charge is 2.57. The van der Waals surface area contributed by atoms with Crippen LogP contribution in [0.2, 0.25) is 0 Å². The van der Waals surface area contributed by atoms with E-state index in [0.29, 0.717) is 0 Å². The number of ether oxygens (including phenoxy) is 3. The van der Waals surface area contributed by atoms with Gasteiger partial charge in [-0.25, -0.2) is 0 Å². The molecule has 2 aliphatic rings. The van der Waals surface area contributed by atoms with Crippen molar-refractivity contribution in [3.05, 3.63) is 102 Å². The van der Waals surface area contributed by atoms with E-state index in [2.05, 4.69) is 96.6 Å². The minimum absolute atomic E-state index is 0.133. The first-order chi connectivity index (χ1) is 18.4. The molecule has 0 aliphatic carbocycles. The molecular formula is C31H36N4O3. The first-order valence-electron chi connectivity index (χ1n) is 12.6. The van der Waals surface area contributed by atoms with Gasteiger partial charge in [-0.05, 0) is 30.3 Å². The number of nitrogens with zero attached hydrogens (tertiary/aromatic N) is 4. The highest BCUT2D eigenvalue weighted by molar-refractivity contribution is 5.92. The number of likely N-dealkylation sites (N-methyl/N-ethyl adjacent to an activating group) is 4. The van der Waals surface area contributed by atoms with E-state index in [-0.39, 0.29) is 6.17 Å². The van der Waals surface area contributed by atoms with Crippen LogP contribution in [-0.4, -0.2) is 75.3 Å². The van der Waals surface area contributed by atoms with Crippen LogP contribution in [-0.2, 0) is 5.66 Å². The molecule has 0 unspecified atom stereocenters. The van der Waals surface area contributed by atoms with E-state index in [1.54, 1.807) is 21.3 Å². The summed E-state index contributed by atoms with van der Waals surface area (Å²) >= 11 is 0. The predicted octanol–water partition coefficient (Wildman–Crippen LogP) is 4.94. The molecule has 198 valence electrons. The van der Waals surface area contributed by atoms with Crippen molar-refractivity contribution in [3.8, 4) is 17.2 Å². The van der Waals surface area contributed by atoms with E-state index < -0.39 is 5.66 Å². The summed E-state index contributed by atoms with van der Waals surface area (Å²) in [7, 11) is 13.7. The third-order valence-corrected chi connectivity index (χ3v) is 7.80. The fourth-order valence-corrected chi connectivity index (χ4v) is 6.11. The van der Waals surface area contributed by atoms with Gasteiger partial charge in [0, 0.05) is 57.3 Å². The van der Waals surface area contributed by atoms with Gasteiger partial charge in [-0.2, -0.15) is 0 Å². The lowest BCUT2D eigenvalue weighted by molar-refractivity contribution is -0.0556. The molecule has 5 rings (SSSR count). The summed E-state index contributed by atoms with van der Waals surface area (Å²) in [6.45, 7) is 0. The molecule has 2 heterocycles. The van der Waals surface area contributed by atoms with Crippen LogP contribution < -0.4 is 14.2 Å². The zero-order chi connectivity index (χ0) is 27.0. The molecule has 3 aromatic carbocycles. The van der Waals surface area contributed by atoms with Crippen LogP contribution in [0.15, 0.2) is 85.2 Å². The lowest BCUT2D eigenvalue weighted by Gasteiger charge is -2.52. The van der Waals surface area contributed by atoms with Gasteiger partial charge in [0.05, 0.1) is 32.7 Å². The molecule has 0 radical (unpaired) electrons. The van der Waals surface area contributed by atoms with Crippen molar-refractivity contribution in [1.82, 2.24) is 19.6 Å². The highest BCUT2D eigenvalue weighted by Crippen LogP contribution is 2.52. The van der Waals surface area contributed by atoms with E-state index in [4.69, 9.17) is 14.2 Å². The lowest BCUT2D eigenvalue weighted by Crippen LogP contribution is -2.63. The maximum Gasteiger partial charge on any atom is 0.182 e. The van der Waals surface area contributed by atoms with E-state index in [9.17, 15) is 0 Å². The quantitative estimate of drug-likeness (QED) is 0.444. The van der Waals surface area contributed by atoms with Gasteiger partial charge < -0.3 is 33.8 Å². The smallest absolute Gasteiger partial charge is 0.182 e. The first-order valence-corrected chi connectivity index (χ1v) is 12.6. The third kappa shape index (κ3) is 3.72. The Bertz CT molecular complexity index is 1310. The van der Waals surface area contributed by atoms with Crippen molar-refractivity contribution < 1.29 is 14.2 Å². The predicted molar refractivity (Wildman–Crippen MR) is 151 cm³/mol. The number of rotatable bonds is 7. The molecule has 0 saturated carbocycles. The zero-order valence-corrected chi connectivity index (χ0v) is 23.2. The topological polar surface area (TPSA) is 40.7 Å². The van der Waals surface area contributed by atoms with Crippen LogP contribution >= 0.6 is 0 Å². The Labute approximate surface area is 225 Å². The molecule has 0 aromatic heterocycles. The summed E-state index contributed by atoms with van der Waals surface area (Å²) in [5, 5.41) is 0. The van der Waals surface area contributed by atoms with Crippen LogP contribution in [0.1, 0.15) is 16.7 Å². The fraction of sp³-hybridized carbons (Fsp3) is 0.290. The Hall–Kier alpha value is -4.26. The van der Waals surface area contributed by atoms with Crippen molar-refractivity contribution in [2.24, 2.45) is 0 Å². The molecular weight excluding hydrogens is 476 g/mol. The van der Waals surface area contributed by atoms with Gasteiger partial charge in [-0.1, -0.05) is 42.5 Å². The minimum atomic E-state index is -0.596. The molecule has 0 fully saturated rings. The van der Waals surface area contributed by atoms with Crippen LogP contribution in [0.5, 0.6) is 17.2 Å². The Morgan fingerprint density at radius 2 is 1.11 bits per heavy atom. The van der Waals surface area contributed by atoms with Gasteiger partial charge in [0.25, 0.3) is 0 Å². The number of benzene rings is 3. The van der Waals surface area contributed by atoms with Crippen molar-refractivity contribution in [3.63, 3.8) is 0 Å². The molecule has 2 aliphatic heterocycles. The van der Waals surface area contributed by atoms with Gasteiger partial charge >= 0.3 is 0 Å². The standard InChI is InChI=1S/C31H36N4O3/c1-32-18-19-33(2)31(32,26-16-8-9-17-27(26)38-7)30-34(3)28(22-12-10-14-24(20-22)36-5)29(35(30)4)23-13-11-15-25(21-23)37-6/h8-21,30H,1-7H3. The summed E-state index contributed by atoms with van der Waals surface area (Å²) in [4.78, 5) is 9.30. The largest absolute Gasteiger partial charge is 0.497 e. The van der Waals surface area contributed by atoms with Gasteiger partial charge in [-0.15, -0.1) is 0 Å². The summed E-state index contributed by atoms with van der Waals surface area (Å²) in [6.07, 6.45) is 4.12. The molecule has 0 atom stereocenters. The monoisotopic (exact) mass is 512 g/mol. The van der Waals surface area contributed by atoms with E-state index in [1.165, 1.54) is 0 Å². The van der Waals surface area contributed by atoms with Gasteiger partial charge in [0.2, 0.25) is 0 Å². The number of hydrogen-bond acceptors (Lipinski definition) is 7. The van der Waals surface area contributed by atoms with Crippen molar-refractivity contribution in [2.45, 2.75) is 11.8 Å². The molecule has 7 heteroatoms. The molecule has 3 aromatic rings. The Morgan fingerprint density at radius 3 is 1.58 bits per heavy atom. The number of hydrogen-bond donors (Lipinski definition) is 0. The fourth-order valence-electron chi connectivity index (χ4n) is 6.11. The van der Waals surface area contributed by atoms with Crippen molar-refractivity contribution in [1.29, 1.82) is 0 Å². The van der Waals surface area contributed by atoms with Gasteiger partial charge in [-0.3, -0.25) is 0 Å². The Balaban J connectivity index is 1.77. The number of para-hydroxylation sites is 1. The number of methoxy groups -OCH3 is 3. The molecule has 0 N–H and O–H groups in total.